The van der Waals surface area contributed by atoms with Crippen LogP contribution in [0.4, 0.5) is 0 Å². The van der Waals surface area contributed by atoms with Crippen molar-refractivity contribution in [1.82, 2.24) is 5.32 Å². The molecule has 1 N–H and O–H groups in total. The zero-order chi connectivity index (χ0) is 12.4. The fourth-order valence-corrected chi connectivity index (χ4v) is 1.92. The van der Waals surface area contributed by atoms with Gasteiger partial charge in [-0.15, -0.1) is 0 Å². The van der Waals surface area contributed by atoms with Gasteiger partial charge in [-0.25, -0.2) is 0 Å². The van der Waals surface area contributed by atoms with Crippen LogP contribution in [0.2, 0.25) is 10.0 Å². The first-order valence-corrected chi connectivity index (χ1v) is 5.64. The maximum Gasteiger partial charge on any atom is 0.286 e. The molecule has 1 aromatic heterocycles. The van der Waals surface area contributed by atoms with Gasteiger partial charge in [0.05, 0.1) is 5.02 Å². The number of carbonyl (C=O) groups excluding carboxylic acids is 1. The Labute approximate surface area is 108 Å². The molecule has 0 atom stereocenters. The molecule has 3 nitrogen and oxygen atoms in total. The normalized spacial score (nSPS) is 10.3. The first kappa shape index (κ1) is 12.0. The number of benzene rings is 1. The van der Waals surface area contributed by atoms with E-state index >= 15 is 0 Å². The van der Waals surface area contributed by atoms with Gasteiger partial charge >= 0.3 is 0 Å². The summed E-state index contributed by atoms with van der Waals surface area (Å²) in [5.74, 6) is 0.500. The molecule has 0 spiro atoms. The number of hydrogen-bond acceptors (Lipinski definition) is 2. The summed E-state index contributed by atoms with van der Waals surface area (Å²) in [5.41, 5.74) is 0.700. The van der Waals surface area contributed by atoms with Crippen LogP contribution >= 0.6 is 23.2 Å². The van der Waals surface area contributed by atoms with Crippen molar-refractivity contribution < 1.29 is 9.21 Å². The van der Waals surface area contributed by atoms with Gasteiger partial charge in [-0.1, -0.05) is 23.2 Å². The second-order valence-electron chi connectivity index (χ2n) is 3.37. The minimum Gasteiger partial charge on any atom is -0.451 e. The topological polar surface area (TPSA) is 42.2 Å². The Morgan fingerprint density at radius 1 is 1.24 bits per heavy atom. The summed E-state index contributed by atoms with van der Waals surface area (Å²) in [6.45, 7) is 0. The van der Waals surface area contributed by atoms with E-state index in [0.29, 0.717) is 21.4 Å². The second-order valence-corrected chi connectivity index (χ2v) is 4.21. The molecule has 5 heteroatoms. The molecular formula is C12H9Cl2NO2. The number of amides is 1. The third kappa shape index (κ3) is 2.46. The molecule has 1 aromatic carbocycles. The van der Waals surface area contributed by atoms with Gasteiger partial charge in [0.25, 0.3) is 5.91 Å². The number of rotatable bonds is 2. The van der Waals surface area contributed by atoms with Crippen LogP contribution in [0.5, 0.6) is 0 Å². The summed E-state index contributed by atoms with van der Waals surface area (Å²) < 4.78 is 5.40. The molecule has 2 rings (SSSR count). The number of halogens is 2. The SMILES string of the molecule is CNC(=O)c1ccc(-c2ccc(Cl)cc2Cl)o1. The van der Waals surface area contributed by atoms with E-state index in [0.717, 1.165) is 0 Å². The van der Waals surface area contributed by atoms with Crippen molar-refractivity contribution in [2.45, 2.75) is 0 Å². The van der Waals surface area contributed by atoms with E-state index in [9.17, 15) is 4.79 Å². The van der Waals surface area contributed by atoms with Crippen LogP contribution in [0.3, 0.4) is 0 Å². The monoisotopic (exact) mass is 269 g/mol. The molecule has 0 fully saturated rings. The molecule has 0 saturated carbocycles. The van der Waals surface area contributed by atoms with Crippen molar-refractivity contribution in [2.75, 3.05) is 7.05 Å². The quantitative estimate of drug-likeness (QED) is 0.905. The van der Waals surface area contributed by atoms with Crippen LogP contribution in [0.15, 0.2) is 34.7 Å². The smallest absolute Gasteiger partial charge is 0.286 e. The van der Waals surface area contributed by atoms with E-state index in [-0.39, 0.29) is 11.7 Å². The Bertz CT molecular complexity index is 563. The van der Waals surface area contributed by atoms with Crippen molar-refractivity contribution >= 4 is 29.1 Å². The maximum atomic E-state index is 11.3. The molecule has 17 heavy (non-hydrogen) atoms. The number of hydrogen-bond donors (Lipinski definition) is 1. The molecule has 0 bridgehead atoms. The van der Waals surface area contributed by atoms with Crippen LogP contribution < -0.4 is 5.32 Å². The Kier molecular flexibility index (Phi) is 3.41. The Morgan fingerprint density at radius 3 is 2.65 bits per heavy atom. The summed E-state index contributed by atoms with van der Waals surface area (Å²) in [7, 11) is 1.54. The highest BCUT2D eigenvalue weighted by Crippen LogP contribution is 2.31. The molecular weight excluding hydrogens is 261 g/mol. The van der Waals surface area contributed by atoms with Gasteiger partial charge < -0.3 is 9.73 Å². The lowest BCUT2D eigenvalue weighted by atomic mass is 10.2. The van der Waals surface area contributed by atoms with Crippen LogP contribution in [0.1, 0.15) is 10.6 Å². The lowest BCUT2D eigenvalue weighted by Gasteiger charge is -2.01. The summed E-state index contributed by atoms with van der Waals surface area (Å²) in [5, 5.41) is 3.52. The van der Waals surface area contributed by atoms with E-state index < -0.39 is 0 Å². The van der Waals surface area contributed by atoms with Crippen molar-refractivity contribution in [3.63, 3.8) is 0 Å². The average molecular weight is 270 g/mol. The van der Waals surface area contributed by atoms with Gasteiger partial charge in [-0.2, -0.15) is 0 Å². The van der Waals surface area contributed by atoms with Gasteiger partial charge in [0.2, 0.25) is 0 Å². The largest absolute Gasteiger partial charge is 0.451 e. The molecule has 0 radical (unpaired) electrons. The van der Waals surface area contributed by atoms with E-state index in [4.69, 9.17) is 27.6 Å². The molecule has 0 aliphatic carbocycles. The van der Waals surface area contributed by atoms with Crippen LogP contribution in [0.25, 0.3) is 11.3 Å². The standard InChI is InChI=1S/C12H9Cl2NO2/c1-15-12(16)11-5-4-10(17-11)8-3-2-7(13)6-9(8)14/h2-6H,1H3,(H,15,16). The highest BCUT2D eigenvalue weighted by Gasteiger charge is 2.12. The van der Waals surface area contributed by atoms with Gasteiger partial charge in [0.1, 0.15) is 5.76 Å². The first-order chi connectivity index (χ1) is 8.11. The number of carbonyl (C=O) groups is 1. The molecule has 1 heterocycles. The highest BCUT2D eigenvalue weighted by atomic mass is 35.5. The van der Waals surface area contributed by atoms with Crippen molar-refractivity contribution in [1.29, 1.82) is 0 Å². The molecule has 0 aliphatic rings. The third-order valence-corrected chi connectivity index (χ3v) is 2.80. The molecule has 88 valence electrons. The van der Waals surface area contributed by atoms with Crippen LogP contribution in [-0.2, 0) is 0 Å². The summed E-state index contributed by atoms with van der Waals surface area (Å²) in [6.07, 6.45) is 0. The zero-order valence-electron chi connectivity index (χ0n) is 8.96. The van der Waals surface area contributed by atoms with Crippen molar-refractivity contribution in [2.24, 2.45) is 0 Å². The van der Waals surface area contributed by atoms with E-state index in [2.05, 4.69) is 5.32 Å². The van der Waals surface area contributed by atoms with Gasteiger partial charge in [0, 0.05) is 17.6 Å². The summed E-state index contributed by atoms with van der Waals surface area (Å²) >= 11 is 11.8. The van der Waals surface area contributed by atoms with E-state index in [1.807, 2.05) is 0 Å². The van der Waals surface area contributed by atoms with E-state index in [1.54, 1.807) is 37.4 Å². The maximum absolute atomic E-state index is 11.3. The van der Waals surface area contributed by atoms with Crippen molar-refractivity contribution in [3.8, 4) is 11.3 Å². The lowest BCUT2D eigenvalue weighted by Crippen LogP contribution is -2.16. The third-order valence-electron chi connectivity index (χ3n) is 2.25. The van der Waals surface area contributed by atoms with Gasteiger partial charge in [-0.3, -0.25) is 4.79 Å². The minimum absolute atomic E-state index is 0.244. The first-order valence-electron chi connectivity index (χ1n) is 4.89. The Hall–Kier alpha value is -1.45. The van der Waals surface area contributed by atoms with Crippen LogP contribution in [0, 0.1) is 0 Å². The fraction of sp³-hybridized carbons (Fsp3) is 0.0833. The molecule has 2 aromatic rings. The van der Waals surface area contributed by atoms with Crippen molar-refractivity contribution in [3.05, 3.63) is 46.1 Å². The second kappa shape index (κ2) is 4.82. The van der Waals surface area contributed by atoms with E-state index in [1.165, 1.54) is 0 Å². The minimum atomic E-state index is -0.277. The number of furan rings is 1. The zero-order valence-corrected chi connectivity index (χ0v) is 10.5. The Morgan fingerprint density at radius 2 is 2.00 bits per heavy atom. The fourth-order valence-electron chi connectivity index (χ4n) is 1.42. The average Bonchev–Trinajstić information content (AvgIpc) is 2.77. The van der Waals surface area contributed by atoms with Crippen LogP contribution in [-0.4, -0.2) is 13.0 Å². The van der Waals surface area contributed by atoms with Gasteiger partial charge in [0.15, 0.2) is 5.76 Å². The highest BCUT2D eigenvalue weighted by molar-refractivity contribution is 6.36. The predicted molar refractivity (Wildman–Crippen MR) is 67.6 cm³/mol. The summed E-state index contributed by atoms with van der Waals surface area (Å²) in [4.78, 5) is 11.3. The molecule has 0 aliphatic heterocycles. The Balaban J connectivity index is 2.40. The number of nitrogens with one attached hydrogen (secondary N) is 1. The predicted octanol–water partition coefficient (Wildman–Crippen LogP) is 3.61. The lowest BCUT2D eigenvalue weighted by molar-refractivity contribution is 0.0936. The van der Waals surface area contributed by atoms with Gasteiger partial charge in [-0.05, 0) is 30.3 Å². The molecule has 0 unspecified atom stereocenters. The molecule has 0 saturated heterocycles. The summed E-state index contributed by atoms with van der Waals surface area (Å²) in [6, 6.07) is 8.38. The molecule has 1 amide bonds.